The third-order valence-corrected chi connectivity index (χ3v) is 2.57. The summed E-state index contributed by atoms with van der Waals surface area (Å²) in [6.45, 7) is 3.74. The lowest BCUT2D eigenvalue weighted by Crippen LogP contribution is -2.21. The van der Waals surface area contributed by atoms with Crippen molar-refractivity contribution in [2.45, 2.75) is 32.7 Å². The monoisotopic (exact) mass is 211 g/mol. The van der Waals surface area contributed by atoms with E-state index in [9.17, 15) is 4.39 Å². The van der Waals surface area contributed by atoms with Crippen molar-refractivity contribution in [1.82, 2.24) is 0 Å². The highest BCUT2D eigenvalue weighted by atomic mass is 19.1. The number of halogens is 1. The molecule has 1 atom stereocenters. The predicted molar refractivity (Wildman–Crippen MR) is 59.7 cm³/mol. The second-order valence-corrected chi connectivity index (χ2v) is 3.79. The van der Waals surface area contributed by atoms with Gasteiger partial charge < -0.3 is 10.5 Å². The Balaban J connectivity index is 2.99. The molecule has 0 aliphatic heterocycles. The maximum Gasteiger partial charge on any atom is 0.126 e. The van der Waals surface area contributed by atoms with Crippen LogP contribution >= 0.6 is 0 Å². The molecule has 0 saturated carbocycles. The van der Waals surface area contributed by atoms with E-state index in [-0.39, 0.29) is 11.9 Å². The molecule has 84 valence electrons. The fourth-order valence-electron chi connectivity index (χ4n) is 1.47. The zero-order valence-corrected chi connectivity index (χ0v) is 9.51. The molecule has 3 heteroatoms. The van der Waals surface area contributed by atoms with E-state index < -0.39 is 0 Å². The molecule has 0 spiro atoms. The smallest absolute Gasteiger partial charge is 0.126 e. The maximum absolute atomic E-state index is 13.4. The summed E-state index contributed by atoms with van der Waals surface area (Å²) in [6.07, 6.45) is 1.52. The van der Waals surface area contributed by atoms with Gasteiger partial charge in [0.1, 0.15) is 11.6 Å². The van der Waals surface area contributed by atoms with Crippen molar-refractivity contribution in [3.63, 3.8) is 0 Å². The fraction of sp³-hybridized carbons (Fsp3) is 0.500. The molecule has 0 amide bonds. The van der Waals surface area contributed by atoms with Gasteiger partial charge >= 0.3 is 0 Å². The van der Waals surface area contributed by atoms with E-state index in [1.807, 2.05) is 6.92 Å². The Morgan fingerprint density at radius 2 is 2.13 bits per heavy atom. The summed E-state index contributed by atoms with van der Waals surface area (Å²) in [6, 6.07) is 3.29. The highest BCUT2D eigenvalue weighted by molar-refractivity contribution is 5.38. The van der Waals surface area contributed by atoms with Crippen LogP contribution in [-0.4, -0.2) is 13.2 Å². The van der Waals surface area contributed by atoms with Gasteiger partial charge in [0.25, 0.3) is 0 Å². The van der Waals surface area contributed by atoms with Crippen molar-refractivity contribution in [2.24, 2.45) is 5.73 Å². The Hall–Kier alpha value is -1.09. The van der Waals surface area contributed by atoms with E-state index in [0.29, 0.717) is 12.0 Å². The summed E-state index contributed by atoms with van der Waals surface area (Å²) < 4.78 is 18.6. The first kappa shape index (κ1) is 12.0. The van der Waals surface area contributed by atoms with Crippen LogP contribution < -0.4 is 10.5 Å². The van der Waals surface area contributed by atoms with E-state index >= 15 is 0 Å². The quantitative estimate of drug-likeness (QED) is 0.830. The summed E-state index contributed by atoms with van der Waals surface area (Å²) >= 11 is 0. The lowest BCUT2D eigenvalue weighted by molar-refractivity contribution is 0.405. The van der Waals surface area contributed by atoms with Crippen LogP contribution in [0, 0.1) is 12.7 Å². The third-order valence-electron chi connectivity index (χ3n) is 2.57. The van der Waals surface area contributed by atoms with Crippen molar-refractivity contribution in [2.75, 3.05) is 7.11 Å². The van der Waals surface area contributed by atoms with Crippen LogP contribution in [0.5, 0.6) is 5.75 Å². The second-order valence-electron chi connectivity index (χ2n) is 3.79. The molecule has 2 nitrogen and oxygen atoms in total. The topological polar surface area (TPSA) is 35.2 Å². The highest BCUT2D eigenvalue weighted by Gasteiger charge is 2.10. The number of methoxy groups -OCH3 is 1. The minimum absolute atomic E-state index is 0.0565. The van der Waals surface area contributed by atoms with E-state index in [0.717, 1.165) is 17.7 Å². The number of benzene rings is 1. The molecular formula is C12H18FNO. The lowest BCUT2D eigenvalue weighted by Gasteiger charge is -2.13. The van der Waals surface area contributed by atoms with Crippen molar-refractivity contribution in [3.8, 4) is 5.75 Å². The number of rotatable bonds is 4. The molecule has 0 aromatic heterocycles. The van der Waals surface area contributed by atoms with E-state index in [1.54, 1.807) is 20.1 Å². The molecule has 15 heavy (non-hydrogen) atoms. The van der Waals surface area contributed by atoms with Gasteiger partial charge in [-0.3, -0.25) is 0 Å². The van der Waals surface area contributed by atoms with Crippen LogP contribution in [0.3, 0.4) is 0 Å². The molecule has 0 saturated heterocycles. The first-order valence-electron chi connectivity index (χ1n) is 5.17. The predicted octanol–water partition coefficient (Wildman–Crippen LogP) is 2.42. The average Bonchev–Trinajstić information content (AvgIpc) is 2.22. The van der Waals surface area contributed by atoms with Gasteiger partial charge in [0, 0.05) is 6.04 Å². The van der Waals surface area contributed by atoms with Crippen LogP contribution in [0.25, 0.3) is 0 Å². The summed E-state index contributed by atoms with van der Waals surface area (Å²) in [5.41, 5.74) is 7.28. The number of nitrogens with two attached hydrogens (primary N) is 1. The van der Waals surface area contributed by atoms with Crippen LogP contribution in [0.15, 0.2) is 12.1 Å². The Morgan fingerprint density at radius 3 is 2.67 bits per heavy atom. The van der Waals surface area contributed by atoms with Crippen molar-refractivity contribution < 1.29 is 9.13 Å². The zero-order chi connectivity index (χ0) is 11.4. The second kappa shape index (κ2) is 5.12. The third kappa shape index (κ3) is 2.93. The Morgan fingerprint density at radius 1 is 1.47 bits per heavy atom. The van der Waals surface area contributed by atoms with Crippen molar-refractivity contribution >= 4 is 0 Å². The fourth-order valence-corrected chi connectivity index (χ4v) is 1.47. The van der Waals surface area contributed by atoms with Gasteiger partial charge in [-0.05, 0) is 43.0 Å². The molecule has 0 heterocycles. The molecule has 2 N–H and O–H groups in total. The largest absolute Gasteiger partial charge is 0.496 e. The van der Waals surface area contributed by atoms with Crippen LogP contribution in [0.2, 0.25) is 0 Å². The highest BCUT2D eigenvalue weighted by Crippen LogP contribution is 2.23. The minimum atomic E-state index is -0.200. The normalized spacial score (nSPS) is 12.6. The van der Waals surface area contributed by atoms with Gasteiger partial charge in [-0.15, -0.1) is 0 Å². The SMILES string of the molecule is CCC(N)Cc1cc(F)c(C)cc1OC. The molecule has 1 unspecified atom stereocenters. The van der Waals surface area contributed by atoms with Gasteiger partial charge in [0.15, 0.2) is 0 Å². The first-order chi connectivity index (χ1) is 7.08. The van der Waals surface area contributed by atoms with Gasteiger partial charge in [0.2, 0.25) is 0 Å². The van der Waals surface area contributed by atoms with Gasteiger partial charge in [-0.25, -0.2) is 4.39 Å². The number of hydrogen-bond donors (Lipinski definition) is 1. The van der Waals surface area contributed by atoms with E-state index in [2.05, 4.69) is 0 Å². The molecule has 0 bridgehead atoms. The molecular weight excluding hydrogens is 193 g/mol. The number of hydrogen-bond acceptors (Lipinski definition) is 2. The molecule has 1 aromatic carbocycles. The molecule has 0 radical (unpaired) electrons. The summed E-state index contributed by atoms with van der Waals surface area (Å²) in [4.78, 5) is 0. The summed E-state index contributed by atoms with van der Waals surface area (Å²) in [5.74, 6) is 0.520. The molecule has 1 aromatic rings. The standard InChI is InChI=1S/C12H18FNO/c1-4-10(14)6-9-7-11(13)8(2)5-12(9)15-3/h5,7,10H,4,6,14H2,1-3H3. The molecule has 1 rings (SSSR count). The number of aryl methyl sites for hydroxylation is 1. The van der Waals surface area contributed by atoms with Crippen LogP contribution in [-0.2, 0) is 6.42 Å². The Labute approximate surface area is 90.2 Å². The molecule has 0 aliphatic carbocycles. The van der Waals surface area contributed by atoms with Gasteiger partial charge in [0.05, 0.1) is 7.11 Å². The first-order valence-corrected chi connectivity index (χ1v) is 5.17. The average molecular weight is 211 g/mol. The van der Waals surface area contributed by atoms with E-state index in [4.69, 9.17) is 10.5 Å². The van der Waals surface area contributed by atoms with E-state index in [1.165, 1.54) is 6.07 Å². The van der Waals surface area contributed by atoms with Crippen molar-refractivity contribution in [1.29, 1.82) is 0 Å². The summed E-state index contributed by atoms with van der Waals surface area (Å²) in [5, 5.41) is 0. The maximum atomic E-state index is 13.4. The molecule has 0 fully saturated rings. The van der Waals surface area contributed by atoms with Gasteiger partial charge in [-0.2, -0.15) is 0 Å². The molecule has 0 aliphatic rings. The lowest BCUT2D eigenvalue weighted by atomic mass is 10.0. The van der Waals surface area contributed by atoms with Gasteiger partial charge in [-0.1, -0.05) is 6.92 Å². The Bertz CT molecular complexity index is 339. The Kier molecular flexibility index (Phi) is 4.09. The number of ether oxygens (including phenoxy) is 1. The zero-order valence-electron chi connectivity index (χ0n) is 9.51. The van der Waals surface area contributed by atoms with Crippen LogP contribution in [0.4, 0.5) is 4.39 Å². The van der Waals surface area contributed by atoms with Crippen molar-refractivity contribution in [3.05, 3.63) is 29.1 Å². The minimum Gasteiger partial charge on any atom is -0.496 e. The van der Waals surface area contributed by atoms with Crippen LogP contribution in [0.1, 0.15) is 24.5 Å². The summed E-state index contributed by atoms with van der Waals surface area (Å²) in [7, 11) is 1.59.